The summed E-state index contributed by atoms with van der Waals surface area (Å²) in [6.45, 7) is 0. The van der Waals surface area contributed by atoms with E-state index in [4.69, 9.17) is 0 Å². The van der Waals surface area contributed by atoms with Gasteiger partial charge in [-0.3, -0.25) is 0 Å². The third kappa shape index (κ3) is 2.15. The largest absolute Gasteiger partial charge is 0.135 e. The smallest absolute Gasteiger partial charge is 0.0434 e. The second-order valence-corrected chi connectivity index (χ2v) is 7.64. The van der Waals surface area contributed by atoms with Gasteiger partial charge in [0.05, 0.1) is 0 Å². The molecule has 4 aromatic rings. The molecule has 0 unspecified atom stereocenters. The minimum Gasteiger partial charge on any atom is -0.135 e. The van der Waals surface area contributed by atoms with Crippen LogP contribution in [0.25, 0.3) is 31.3 Å². The van der Waals surface area contributed by atoms with Gasteiger partial charge in [-0.25, -0.2) is 0 Å². The molecule has 0 N–H and O–H groups in total. The molecule has 1 aromatic heterocycles. The molecule has 3 heteroatoms. The molecule has 0 aliphatic rings. The summed E-state index contributed by atoms with van der Waals surface area (Å²) in [5.41, 5.74) is 2.49. The summed E-state index contributed by atoms with van der Waals surface area (Å²) < 4.78 is 4.90. The zero-order chi connectivity index (χ0) is 14.4. The van der Waals surface area contributed by atoms with Crippen molar-refractivity contribution >= 4 is 63.4 Å². The molecule has 21 heavy (non-hydrogen) atoms. The molecular formula is C18H10Br2S. The number of rotatable bonds is 1. The van der Waals surface area contributed by atoms with Crippen LogP contribution in [0.15, 0.2) is 69.6 Å². The van der Waals surface area contributed by atoms with Crippen molar-refractivity contribution in [3.05, 3.63) is 69.6 Å². The number of thiophene rings is 1. The van der Waals surface area contributed by atoms with E-state index in [1.54, 1.807) is 0 Å². The number of fused-ring (bicyclic) bond motifs is 3. The number of hydrogen-bond acceptors (Lipinski definition) is 1. The van der Waals surface area contributed by atoms with Gasteiger partial charge in [0.1, 0.15) is 0 Å². The molecule has 1 heterocycles. The van der Waals surface area contributed by atoms with Crippen LogP contribution in [-0.2, 0) is 0 Å². The SMILES string of the molecule is Brc1cccc(Br)c1-c1cccc2c1sc1ccccc12. The van der Waals surface area contributed by atoms with Crippen LogP contribution in [0.2, 0.25) is 0 Å². The van der Waals surface area contributed by atoms with Crippen molar-refractivity contribution in [3.63, 3.8) is 0 Å². The molecule has 0 amide bonds. The van der Waals surface area contributed by atoms with Crippen LogP contribution in [0.4, 0.5) is 0 Å². The summed E-state index contributed by atoms with van der Waals surface area (Å²) in [5.74, 6) is 0. The number of halogens is 2. The van der Waals surface area contributed by atoms with Gasteiger partial charge in [-0.15, -0.1) is 11.3 Å². The molecule has 0 saturated carbocycles. The summed E-state index contributed by atoms with van der Waals surface area (Å²) in [6.07, 6.45) is 0. The van der Waals surface area contributed by atoms with Crippen molar-refractivity contribution in [2.75, 3.05) is 0 Å². The zero-order valence-electron chi connectivity index (χ0n) is 10.9. The first kappa shape index (κ1) is 13.5. The molecule has 0 spiro atoms. The van der Waals surface area contributed by atoms with Crippen LogP contribution in [0, 0.1) is 0 Å². The van der Waals surface area contributed by atoms with Crippen LogP contribution in [-0.4, -0.2) is 0 Å². The monoisotopic (exact) mass is 416 g/mol. The van der Waals surface area contributed by atoms with Gasteiger partial charge in [-0.05, 0) is 18.2 Å². The molecule has 102 valence electrons. The minimum absolute atomic E-state index is 1.11. The first-order valence-corrected chi connectivity index (χ1v) is 9.00. The summed E-state index contributed by atoms with van der Waals surface area (Å²) in [4.78, 5) is 0. The van der Waals surface area contributed by atoms with E-state index in [9.17, 15) is 0 Å². The lowest BCUT2D eigenvalue weighted by Gasteiger charge is -2.08. The molecular weight excluding hydrogens is 408 g/mol. The first-order chi connectivity index (χ1) is 10.3. The summed E-state index contributed by atoms with van der Waals surface area (Å²) in [7, 11) is 0. The van der Waals surface area contributed by atoms with Crippen LogP contribution in [0.1, 0.15) is 0 Å². The number of hydrogen-bond donors (Lipinski definition) is 0. The predicted molar refractivity (Wildman–Crippen MR) is 100 cm³/mol. The van der Waals surface area contributed by atoms with Gasteiger partial charge >= 0.3 is 0 Å². The second-order valence-electron chi connectivity index (χ2n) is 4.88. The lowest BCUT2D eigenvalue weighted by Crippen LogP contribution is -1.82. The van der Waals surface area contributed by atoms with E-state index < -0.39 is 0 Å². The van der Waals surface area contributed by atoms with Crippen molar-refractivity contribution in [3.8, 4) is 11.1 Å². The Labute approximate surface area is 143 Å². The lowest BCUT2D eigenvalue weighted by atomic mass is 10.0. The Hall–Kier alpha value is -1.16. The van der Waals surface area contributed by atoms with Crippen molar-refractivity contribution in [1.29, 1.82) is 0 Å². The predicted octanol–water partition coefficient (Wildman–Crippen LogP) is 7.25. The fourth-order valence-corrected chi connectivity index (χ4v) is 5.35. The van der Waals surface area contributed by atoms with Gasteiger partial charge < -0.3 is 0 Å². The van der Waals surface area contributed by atoms with E-state index in [-0.39, 0.29) is 0 Å². The van der Waals surface area contributed by atoms with E-state index in [0.717, 1.165) is 8.95 Å². The van der Waals surface area contributed by atoms with Crippen LogP contribution in [0.3, 0.4) is 0 Å². The summed E-state index contributed by atoms with van der Waals surface area (Å²) in [6, 6.07) is 21.4. The maximum absolute atomic E-state index is 3.69. The van der Waals surface area contributed by atoms with E-state index >= 15 is 0 Å². The molecule has 0 aliphatic carbocycles. The van der Waals surface area contributed by atoms with Gasteiger partial charge in [-0.1, -0.05) is 74.3 Å². The van der Waals surface area contributed by atoms with E-state index in [0.29, 0.717) is 0 Å². The van der Waals surface area contributed by atoms with E-state index in [1.807, 2.05) is 17.4 Å². The molecule has 0 radical (unpaired) electrons. The van der Waals surface area contributed by atoms with E-state index in [2.05, 4.69) is 86.5 Å². The van der Waals surface area contributed by atoms with Crippen LogP contribution >= 0.6 is 43.2 Å². The number of benzene rings is 3. The highest BCUT2D eigenvalue weighted by Gasteiger charge is 2.13. The van der Waals surface area contributed by atoms with Crippen LogP contribution < -0.4 is 0 Å². The van der Waals surface area contributed by atoms with Crippen molar-refractivity contribution in [1.82, 2.24) is 0 Å². The topological polar surface area (TPSA) is 0 Å². The van der Waals surface area contributed by atoms with Gasteiger partial charge in [0.2, 0.25) is 0 Å². The molecule has 0 bridgehead atoms. The van der Waals surface area contributed by atoms with Crippen molar-refractivity contribution in [2.24, 2.45) is 0 Å². The highest BCUT2D eigenvalue weighted by Crippen LogP contribution is 2.43. The molecule has 3 aromatic carbocycles. The first-order valence-electron chi connectivity index (χ1n) is 6.60. The molecule has 0 atom stereocenters. The van der Waals surface area contributed by atoms with E-state index in [1.165, 1.54) is 31.3 Å². The Morgan fingerprint density at radius 1 is 0.667 bits per heavy atom. The quantitative estimate of drug-likeness (QED) is 0.306. The van der Waals surface area contributed by atoms with Gasteiger partial charge in [-0.2, -0.15) is 0 Å². The Bertz CT molecular complexity index is 949. The Morgan fingerprint density at radius 2 is 1.33 bits per heavy atom. The van der Waals surface area contributed by atoms with Crippen LogP contribution in [0.5, 0.6) is 0 Å². The third-order valence-corrected chi connectivity index (χ3v) is 6.18. The maximum atomic E-state index is 3.69. The standard InChI is InChI=1S/C18H10Br2S/c19-14-8-4-9-15(20)17(14)13-7-3-6-12-11-5-1-2-10-16(11)21-18(12)13/h1-10H. The fraction of sp³-hybridized carbons (Fsp3) is 0. The molecule has 0 nitrogen and oxygen atoms in total. The minimum atomic E-state index is 1.11. The lowest BCUT2D eigenvalue weighted by molar-refractivity contribution is 1.58. The second kappa shape index (κ2) is 5.24. The molecule has 4 rings (SSSR count). The normalized spacial score (nSPS) is 11.3. The van der Waals surface area contributed by atoms with Crippen molar-refractivity contribution in [2.45, 2.75) is 0 Å². The van der Waals surface area contributed by atoms with Gasteiger partial charge in [0, 0.05) is 40.2 Å². The highest BCUT2D eigenvalue weighted by atomic mass is 79.9. The van der Waals surface area contributed by atoms with Gasteiger partial charge in [0.15, 0.2) is 0 Å². The average Bonchev–Trinajstić information content (AvgIpc) is 2.87. The zero-order valence-corrected chi connectivity index (χ0v) is 14.9. The fourth-order valence-electron chi connectivity index (χ4n) is 2.70. The van der Waals surface area contributed by atoms with Crippen molar-refractivity contribution < 1.29 is 0 Å². The third-order valence-electron chi connectivity index (χ3n) is 3.64. The average molecular weight is 418 g/mol. The Morgan fingerprint density at radius 3 is 2.14 bits per heavy atom. The summed E-state index contributed by atoms with van der Waals surface area (Å²) in [5, 5.41) is 2.67. The van der Waals surface area contributed by atoms with Gasteiger partial charge in [0.25, 0.3) is 0 Å². The highest BCUT2D eigenvalue weighted by molar-refractivity contribution is 9.11. The maximum Gasteiger partial charge on any atom is 0.0434 e. The molecule has 0 fully saturated rings. The Kier molecular flexibility index (Phi) is 3.37. The molecule has 0 aliphatic heterocycles. The summed E-state index contributed by atoms with van der Waals surface area (Å²) >= 11 is 9.23. The molecule has 0 saturated heterocycles. The Balaban J connectivity index is 2.15.